The molecule has 0 radical (unpaired) electrons. The van der Waals surface area contributed by atoms with Crippen molar-refractivity contribution in [2.45, 2.75) is 0 Å². The van der Waals surface area contributed by atoms with E-state index in [0.29, 0.717) is 0 Å². The zero-order valence-corrected chi connectivity index (χ0v) is 9.14. The van der Waals surface area contributed by atoms with E-state index in [9.17, 15) is 0 Å². The molecule has 3 rings (SSSR count). The van der Waals surface area contributed by atoms with Gasteiger partial charge >= 0.3 is 0 Å². The van der Waals surface area contributed by atoms with Gasteiger partial charge in [0.1, 0.15) is 0 Å². The summed E-state index contributed by atoms with van der Waals surface area (Å²) in [7, 11) is 0. The minimum atomic E-state index is 1.17. The van der Waals surface area contributed by atoms with Crippen molar-refractivity contribution in [1.29, 1.82) is 0 Å². The molecule has 0 saturated heterocycles. The van der Waals surface area contributed by atoms with Gasteiger partial charge in [-0.05, 0) is 16.7 Å². The molecule has 1 aliphatic rings. The van der Waals surface area contributed by atoms with Crippen LogP contribution in [0.15, 0.2) is 61.2 Å². The standard InChI is InChI=1S/C8H6.C8H8/c1-2-4-8-6-5-7(8)3-1;1-2-8-6-4-3-5-7-8/h1-6H;2-7H,1H2. The van der Waals surface area contributed by atoms with Gasteiger partial charge in [0, 0.05) is 0 Å². The average molecular weight is 206 g/mol. The first kappa shape index (κ1) is 10.4. The Morgan fingerprint density at radius 2 is 1.19 bits per heavy atom. The zero-order valence-electron chi connectivity index (χ0n) is 9.14. The van der Waals surface area contributed by atoms with E-state index < -0.39 is 0 Å². The molecule has 0 fully saturated rings. The van der Waals surface area contributed by atoms with Crippen LogP contribution in [0.25, 0.3) is 18.2 Å². The van der Waals surface area contributed by atoms with Crippen LogP contribution < -0.4 is 0 Å². The Bertz CT molecular complexity index is 455. The third-order valence-corrected chi connectivity index (χ3v) is 2.47. The van der Waals surface area contributed by atoms with E-state index in [1.165, 1.54) is 16.7 Å². The van der Waals surface area contributed by atoms with Crippen LogP contribution in [0.3, 0.4) is 0 Å². The zero-order chi connectivity index (χ0) is 11.2. The molecule has 0 saturated carbocycles. The minimum Gasteiger partial charge on any atom is -0.0985 e. The molecule has 1 aliphatic carbocycles. The average Bonchev–Trinajstić information content (AvgIpc) is 2.33. The highest BCUT2D eigenvalue weighted by Crippen LogP contribution is 2.21. The Labute approximate surface area is 96.6 Å². The molecule has 2 aromatic rings. The fraction of sp³-hybridized carbons (Fsp3) is 0. The summed E-state index contributed by atoms with van der Waals surface area (Å²) in [5.74, 6) is 0. The molecule has 0 aliphatic heterocycles. The number of fused-ring (bicyclic) bond motifs is 1. The molecular weight excluding hydrogens is 192 g/mol. The van der Waals surface area contributed by atoms with Gasteiger partial charge in [0.25, 0.3) is 0 Å². The molecule has 0 N–H and O–H groups in total. The monoisotopic (exact) mass is 206 g/mol. The molecule has 0 amide bonds. The van der Waals surface area contributed by atoms with E-state index in [-0.39, 0.29) is 0 Å². The summed E-state index contributed by atoms with van der Waals surface area (Å²) in [5, 5.41) is 0. The quantitative estimate of drug-likeness (QED) is 0.550. The minimum absolute atomic E-state index is 1.17. The van der Waals surface area contributed by atoms with Crippen molar-refractivity contribution in [3.05, 3.63) is 77.9 Å². The first-order valence-corrected chi connectivity index (χ1v) is 5.35. The molecule has 2 aromatic carbocycles. The van der Waals surface area contributed by atoms with Crippen molar-refractivity contribution in [3.8, 4) is 0 Å². The van der Waals surface area contributed by atoms with E-state index >= 15 is 0 Å². The highest BCUT2D eigenvalue weighted by Gasteiger charge is 1.99. The molecule has 0 unspecified atom stereocenters. The first-order chi connectivity index (χ1) is 7.90. The highest BCUT2D eigenvalue weighted by atomic mass is 14.0. The summed E-state index contributed by atoms with van der Waals surface area (Å²) >= 11 is 0. The van der Waals surface area contributed by atoms with Crippen molar-refractivity contribution in [3.63, 3.8) is 0 Å². The Kier molecular flexibility index (Phi) is 3.35. The van der Waals surface area contributed by atoms with Crippen molar-refractivity contribution in [2.75, 3.05) is 0 Å². The van der Waals surface area contributed by atoms with Crippen LogP contribution in [0, 0.1) is 0 Å². The smallest absolute Gasteiger partial charge is 0.0184 e. The van der Waals surface area contributed by atoms with Gasteiger partial charge in [-0.1, -0.05) is 79.4 Å². The SMILES string of the molecule is C1=Cc2ccccc21.C=Cc1ccccc1. The van der Waals surface area contributed by atoms with Crippen LogP contribution in [0.5, 0.6) is 0 Å². The normalized spacial score (nSPS) is 10.5. The summed E-state index contributed by atoms with van der Waals surface area (Å²) in [4.78, 5) is 0. The largest absolute Gasteiger partial charge is 0.0985 e. The first-order valence-electron chi connectivity index (χ1n) is 5.35. The maximum Gasteiger partial charge on any atom is -0.0184 e. The van der Waals surface area contributed by atoms with E-state index in [4.69, 9.17) is 0 Å². The fourth-order valence-corrected chi connectivity index (χ4v) is 1.49. The van der Waals surface area contributed by atoms with Gasteiger partial charge in [0.05, 0.1) is 0 Å². The maximum atomic E-state index is 3.63. The van der Waals surface area contributed by atoms with Gasteiger partial charge in [0.15, 0.2) is 0 Å². The molecule has 0 aromatic heterocycles. The second-order valence-electron chi connectivity index (χ2n) is 3.58. The van der Waals surface area contributed by atoms with Crippen LogP contribution in [0.2, 0.25) is 0 Å². The highest BCUT2D eigenvalue weighted by molar-refractivity contribution is 5.85. The maximum absolute atomic E-state index is 3.63. The number of benzene rings is 2. The summed E-state index contributed by atoms with van der Waals surface area (Å²) in [5.41, 5.74) is 3.91. The lowest BCUT2D eigenvalue weighted by Gasteiger charge is -2.06. The third kappa shape index (κ3) is 2.48. The van der Waals surface area contributed by atoms with Crippen LogP contribution >= 0.6 is 0 Å². The van der Waals surface area contributed by atoms with Gasteiger partial charge in [-0.3, -0.25) is 0 Å². The summed E-state index contributed by atoms with van der Waals surface area (Å²) in [6, 6.07) is 18.4. The van der Waals surface area contributed by atoms with E-state index in [1.54, 1.807) is 0 Å². The molecule has 0 heteroatoms. The van der Waals surface area contributed by atoms with Crippen LogP contribution in [0.4, 0.5) is 0 Å². The topological polar surface area (TPSA) is 0 Å². The summed E-state index contributed by atoms with van der Waals surface area (Å²) in [6.45, 7) is 3.63. The summed E-state index contributed by atoms with van der Waals surface area (Å²) < 4.78 is 0. The second-order valence-corrected chi connectivity index (χ2v) is 3.58. The van der Waals surface area contributed by atoms with Crippen molar-refractivity contribution >= 4 is 18.2 Å². The number of rotatable bonds is 1. The third-order valence-electron chi connectivity index (χ3n) is 2.47. The van der Waals surface area contributed by atoms with Gasteiger partial charge in [-0.15, -0.1) is 0 Å². The van der Waals surface area contributed by atoms with Crippen molar-refractivity contribution in [1.82, 2.24) is 0 Å². The second kappa shape index (κ2) is 5.13. The molecule has 0 atom stereocenters. The Morgan fingerprint density at radius 1 is 0.688 bits per heavy atom. The Balaban J connectivity index is 0.000000120. The predicted octanol–water partition coefficient (Wildman–Crippen LogP) is 4.50. The van der Waals surface area contributed by atoms with Gasteiger partial charge in [-0.2, -0.15) is 0 Å². The molecule has 78 valence electrons. The van der Waals surface area contributed by atoms with Gasteiger partial charge in [0.2, 0.25) is 0 Å². The molecule has 16 heavy (non-hydrogen) atoms. The molecule has 0 bridgehead atoms. The van der Waals surface area contributed by atoms with E-state index in [1.807, 2.05) is 36.4 Å². The van der Waals surface area contributed by atoms with Gasteiger partial charge in [-0.25, -0.2) is 0 Å². The lowest BCUT2D eigenvalue weighted by Crippen LogP contribution is -1.85. The molecule has 0 spiro atoms. The van der Waals surface area contributed by atoms with Gasteiger partial charge < -0.3 is 0 Å². The summed E-state index contributed by atoms with van der Waals surface area (Å²) in [6.07, 6.45) is 6.07. The number of hydrogen-bond acceptors (Lipinski definition) is 0. The van der Waals surface area contributed by atoms with E-state index in [0.717, 1.165) is 0 Å². The Hall–Kier alpha value is -2.08. The predicted molar refractivity (Wildman–Crippen MR) is 71.9 cm³/mol. The van der Waals surface area contributed by atoms with Crippen LogP contribution in [-0.4, -0.2) is 0 Å². The lowest BCUT2D eigenvalue weighted by molar-refractivity contribution is 1.58. The Morgan fingerprint density at radius 3 is 1.50 bits per heavy atom. The van der Waals surface area contributed by atoms with Crippen molar-refractivity contribution < 1.29 is 0 Å². The van der Waals surface area contributed by atoms with Crippen LogP contribution in [-0.2, 0) is 0 Å². The van der Waals surface area contributed by atoms with E-state index in [2.05, 4.69) is 43.0 Å². The number of hydrogen-bond donors (Lipinski definition) is 0. The molecular formula is C16H14. The van der Waals surface area contributed by atoms with Crippen molar-refractivity contribution in [2.24, 2.45) is 0 Å². The fourth-order valence-electron chi connectivity index (χ4n) is 1.49. The molecule has 0 nitrogen and oxygen atoms in total. The van der Waals surface area contributed by atoms with Crippen LogP contribution in [0.1, 0.15) is 16.7 Å². The lowest BCUT2D eigenvalue weighted by atomic mass is 9.99. The molecule has 0 heterocycles.